The Hall–Kier alpha value is -2.14. The smallest absolute Gasteiger partial charge is 0.254 e. The van der Waals surface area contributed by atoms with Gasteiger partial charge in [-0.15, -0.1) is 0 Å². The maximum atomic E-state index is 12.9. The van der Waals surface area contributed by atoms with E-state index in [1.807, 2.05) is 6.92 Å². The molecule has 2 amide bonds. The number of nitrogens with zero attached hydrogens (tertiary/aromatic N) is 2. The second-order valence-electron chi connectivity index (χ2n) is 7.50. The molecule has 0 aromatic heterocycles. The van der Waals surface area contributed by atoms with Crippen molar-refractivity contribution >= 4 is 29.6 Å². The number of halogens is 1. The SMILES string of the molecule is CCOc1ccc(Cl)cc1/C=N/N1C(=O)[C@H]2[C@@H]3C=C[C@H]([C@H]4C[C@H]34)[C@@H]2C1=O. The molecular weight excluding hydrogens is 352 g/mol. The minimum Gasteiger partial charge on any atom is -0.493 e. The van der Waals surface area contributed by atoms with Gasteiger partial charge in [0.05, 0.1) is 24.7 Å². The molecule has 4 aliphatic carbocycles. The lowest BCUT2D eigenvalue weighted by Gasteiger charge is -2.37. The third-order valence-corrected chi connectivity index (χ3v) is 6.46. The Morgan fingerprint density at radius 2 is 1.85 bits per heavy atom. The number of carbonyl (C=O) groups is 2. The van der Waals surface area contributed by atoms with Crippen LogP contribution in [-0.4, -0.2) is 29.6 Å². The zero-order chi connectivity index (χ0) is 18.0. The molecule has 0 radical (unpaired) electrons. The maximum Gasteiger partial charge on any atom is 0.254 e. The van der Waals surface area contributed by atoms with Crippen molar-refractivity contribution in [1.29, 1.82) is 0 Å². The highest BCUT2D eigenvalue weighted by molar-refractivity contribution is 6.31. The number of allylic oxidation sites excluding steroid dienone is 2. The molecule has 1 aromatic rings. The summed E-state index contributed by atoms with van der Waals surface area (Å²) in [6, 6.07) is 5.22. The first-order valence-electron chi connectivity index (χ1n) is 9.12. The lowest BCUT2D eigenvalue weighted by atomic mass is 9.63. The molecule has 5 nitrogen and oxygen atoms in total. The average Bonchev–Trinajstić information content (AvgIpc) is 3.41. The highest BCUT2D eigenvalue weighted by Gasteiger charge is 2.67. The van der Waals surface area contributed by atoms with Crippen LogP contribution in [-0.2, 0) is 9.59 Å². The minimum absolute atomic E-state index is 0.166. The van der Waals surface area contributed by atoms with Gasteiger partial charge in [0, 0.05) is 10.6 Å². The number of hydrogen-bond donors (Lipinski definition) is 0. The van der Waals surface area contributed by atoms with Gasteiger partial charge in [-0.3, -0.25) is 9.59 Å². The number of ether oxygens (including phenoxy) is 1. The van der Waals surface area contributed by atoms with Crippen LogP contribution in [0, 0.1) is 35.5 Å². The number of hydrogen-bond acceptors (Lipinski definition) is 4. The molecule has 26 heavy (non-hydrogen) atoms. The summed E-state index contributed by atoms with van der Waals surface area (Å²) in [5, 5.41) is 5.86. The van der Waals surface area contributed by atoms with Crippen LogP contribution in [0.3, 0.4) is 0 Å². The number of benzene rings is 1. The number of imide groups is 1. The molecule has 1 aliphatic heterocycles. The fraction of sp³-hybridized carbons (Fsp3) is 0.450. The van der Waals surface area contributed by atoms with Gasteiger partial charge in [0.1, 0.15) is 5.75 Å². The van der Waals surface area contributed by atoms with Crippen molar-refractivity contribution in [3.8, 4) is 5.75 Å². The Morgan fingerprint density at radius 1 is 1.19 bits per heavy atom. The van der Waals surface area contributed by atoms with E-state index < -0.39 is 0 Å². The summed E-state index contributed by atoms with van der Waals surface area (Å²) in [6.45, 7) is 2.40. The minimum atomic E-state index is -0.232. The van der Waals surface area contributed by atoms with E-state index in [1.165, 1.54) is 6.21 Å². The summed E-state index contributed by atoms with van der Waals surface area (Å²) in [4.78, 5) is 25.8. The van der Waals surface area contributed by atoms with Crippen LogP contribution in [0.25, 0.3) is 0 Å². The van der Waals surface area contributed by atoms with Crippen molar-refractivity contribution in [2.24, 2.45) is 40.6 Å². The highest BCUT2D eigenvalue weighted by atomic mass is 35.5. The molecule has 2 saturated carbocycles. The monoisotopic (exact) mass is 370 g/mol. The molecule has 1 saturated heterocycles. The van der Waals surface area contributed by atoms with Crippen LogP contribution in [0.5, 0.6) is 5.75 Å². The van der Waals surface area contributed by atoms with E-state index in [1.54, 1.807) is 18.2 Å². The molecule has 6 atom stereocenters. The Labute approximate surface area is 156 Å². The van der Waals surface area contributed by atoms with Gasteiger partial charge in [-0.2, -0.15) is 10.1 Å². The fourth-order valence-corrected chi connectivity index (χ4v) is 5.26. The molecule has 0 N–H and O–H groups in total. The highest BCUT2D eigenvalue weighted by Crippen LogP contribution is 2.65. The van der Waals surface area contributed by atoms with Gasteiger partial charge in [0.25, 0.3) is 11.8 Å². The van der Waals surface area contributed by atoms with Crippen LogP contribution in [0.2, 0.25) is 5.02 Å². The lowest BCUT2D eigenvalue weighted by Crippen LogP contribution is -2.40. The van der Waals surface area contributed by atoms with E-state index in [0.29, 0.717) is 34.8 Å². The molecule has 1 heterocycles. The molecule has 5 aliphatic rings. The Morgan fingerprint density at radius 3 is 2.46 bits per heavy atom. The van der Waals surface area contributed by atoms with E-state index in [0.717, 1.165) is 11.4 Å². The first-order chi connectivity index (χ1) is 12.6. The van der Waals surface area contributed by atoms with Crippen LogP contribution >= 0.6 is 11.6 Å². The molecule has 6 heteroatoms. The second-order valence-corrected chi connectivity index (χ2v) is 7.94. The van der Waals surface area contributed by atoms with E-state index in [4.69, 9.17) is 16.3 Å². The van der Waals surface area contributed by atoms with Gasteiger partial charge in [-0.1, -0.05) is 23.8 Å². The Bertz CT molecular complexity index is 829. The van der Waals surface area contributed by atoms with Crippen LogP contribution in [0.4, 0.5) is 0 Å². The quantitative estimate of drug-likeness (QED) is 0.465. The van der Waals surface area contributed by atoms with Gasteiger partial charge in [-0.25, -0.2) is 0 Å². The normalized spacial score (nSPS) is 36.6. The summed E-state index contributed by atoms with van der Waals surface area (Å²) in [5.41, 5.74) is 0.652. The molecule has 3 fully saturated rings. The largest absolute Gasteiger partial charge is 0.493 e. The zero-order valence-corrected chi connectivity index (χ0v) is 15.1. The summed E-state index contributed by atoms with van der Waals surface area (Å²) in [6.07, 6.45) is 6.96. The van der Waals surface area contributed by atoms with Crippen LogP contribution < -0.4 is 4.74 Å². The van der Waals surface area contributed by atoms with Gasteiger partial charge in [-0.05, 0) is 55.2 Å². The maximum absolute atomic E-state index is 12.9. The molecule has 1 aromatic carbocycles. The van der Waals surface area contributed by atoms with Gasteiger partial charge < -0.3 is 4.74 Å². The van der Waals surface area contributed by atoms with E-state index >= 15 is 0 Å². The number of hydrazone groups is 1. The van der Waals surface area contributed by atoms with Gasteiger partial charge >= 0.3 is 0 Å². The van der Waals surface area contributed by atoms with Crippen molar-refractivity contribution in [3.63, 3.8) is 0 Å². The van der Waals surface area contributed by atoms with Crippen molar-refractivity contribution in [2.45, 2.75) is 13.3 Å². The molecule has 2 bridgehead atoms. The first-order valence-corrected chi connectivity index (χ1v) is 9.50. The summed E-state index contributed by atoms with van der Waals surface area (Å²) in [7, 11) is 0. The van der Waals surface area contributed by atoms with Gasteiger partial charge in [0.15, 0.2) is 0 Å². The van der Waals surface area contributed by atoms with Crippen LogP contribution in [0.15, 0.2) is 35.5 Å². The molecule has 134 valence electrons. The molecule has 0 unspecified atom stereocenters. The fourth-order valence-electron chi connectivity index (χ4n) is 5.08. The third kappa shape index (κ3) is 2.19. The summed E-state index contributed by atoms with van der Waals surface area (Å²) >= 11 is 6.06. The predicted octanol–water partition coefficient (Wildman–Crippen LogP) is 3.13. The average molecular weight is 371 g/mol. The van der Waals surface area contributed by atoms with E-state index in [-0.39, 0.29) is 35.5 Å². The van der Waals surface area contributed by atoms with E-state index in [2.05, 4.69) is 17.3 Å². The molecule has 0 spiro atoms. The van der Waals surface area contributed by atoms with Crippen molar-refractivity contribution < 1.29 is 14.3 Å². The van der Waals surface area contributed by atoms with Crippen molar-refractivity contribution in [1.82, 2.24) is 5.01 Å². The second kappa shape index (κ2) is 5.68. The number of carbonyl (C=O) groups excluding carboxylic acids is 2. The lowest BCUT2D eigenvalue weighted by molar-refractivity contribution is -0.140. The third-order valence-electron chi connectivity index (χ3n) is 6.22. The Balaban J connectivity index is 1.44. The van der Waals surface area contributed by atoms with Crippen molar-refractivity contribution in [2.75, 3.05) is 6.61 Å². The van der Waals surface area contributed by atoms with E-state index in [9.17, 15) is 9.59 Å². The summed E-state index contributed by atoms with van der Waals surface area (Å²) < 4.78 is 5.57. The number of rotatable bonds is 4. The topological polar surface area (TPSA) is 59.0 Å². The standard InChI is InChI=1S/C20H19ClN2O3/c1-2-26-16-6-3-11(21)7-10(16)9-22-23-19(24)17-12-4-5-13(15-8-14(12)15)18(17)20(23)25/h3-7,9,12-15,17-18H,2,8H2,1H3/b22-9+/t12-,13-,14-,15-,17+,18+/m1/s1. The van der Waals surface area contributed by atoms with Crippen LogP contribution in [0.1, 0.15) is 18.9 Å². The molecule has 6 rings (SSSR count). The Kier molecular flexibility index (Phi) is 3.51. The zero-order valence-electron chi connectivity index (χ0n) is 14.3. The first kappa shape index (κ1) is 16.1. The predicted molar refractivity (Wildman–Crippen MR) is 96.8 cm³/mol. The molecular formula is C20H19ClN2O3. The van der Waals surface area contributed by atoms with Gasteiger partial charge in [0.2, 0.25) is 0 Å². The number of amides is 2. The van der Waals surface area contributed by atoms with Crippen molar-refractivity contribution in [3.05, 3.63) is 40.9 Å². The summed E-state index contributed by atoms with van der Waals surface area (Å²) in [5.74, 6) is 1.41.